The fourth-order valence-electron chi connectivity index (χ4n) is 2.74. The van der Waals surface area contributed by atoms with Gasteiger partial charge in [0.2, 0.25) is 0 Å². The molecule has 0 aliphatic heterocycles. The van der Waals surface area contributed by atoms with E-state index < -0.39 is 0 Å². The summed E-state index contributed by atoms with van der Waals surface area (Å²) in [7, 11) is 0. The Bertz CT molecular complexity index is 1150. The summed E-state index contributed by atoms with van der Waals surface area (Å²) in [5, 5.41) is 13.3. The van der Waals surface area contributed by atoms with Crippen LogP contribution in [0.3, 0.4) is 0 Å². The molecule has 0 radical (unpaired) electrons. The second-order valence-electron chi connectivity index (χ2n) is 5.95. The van der Waals surface area contributed by atoms with Gasteiger partial charge < -0.3 is 0 Å². The highest BCUT2D eigenvalue weighted by molar-refractivity contribution is 9.10. The Balaban J connectivity index is 1.49. The molecule has 0 aliphatic carbocycles. The van der Waals surface area contributed by atoms with E-state index in [0.717, 1.165) is 26.4 Å². The van der Waals surface area contributed by atoms with Crippen molar-refractivity contribution < 1.29 is 4.79 Å². The standard InChI is InChI=1S/C21H15BrN4O/c22-18-8-4-3-7-17(18)13-23-26-21(27)20-12-19(24-25-20)16-10-9-14-5-1-2-6-15(14)11-16/h1-13H,(H,24,25)(H,26,27). The van der Waals surface area contributed by atoms with Crippen LogP contribution in [0.25, 0.3) is 22.0 Å². The van der Waals surface area contributed by atoms with Crippen LogP contribution in [0.15, 0.2) is 82.4 Å². The summed E-state index contributed by atoms with van der Waals surface area (Å²) in [6.07, 6.45) is 1.59. The van der Waals surface area contributed by atoms with Gasteiger partial charge in [-0.25, -0.2) is 5.43 Å². The van der Waals surface area contributed by atoms with Gasteiger partial charge in [0.05, 0.1) is 11.9 Å². The molecule has 0 spiro atoms. The molecule has 4 rings (SSSR count). The smallest absolute Gasteiger partial charge is 0.272 e. The van der Waals surface area contributed by atoms with E-state index >= 15 is 0 Å². The molecule has 6 heteroatoms. The van der Waals surface area contributed by atoms with E-state index in [1.807, 2.05) is 48.5 Å². The lowest BCUT2D eigenvalue weighted by atomic mass is 10.1. The summed E-state index contributed by atoms with van der Waals surface area (Å²) >= 11 is 3.43. The zero-order chi connectivity index (χ0) is 18.6. The summed E-state index contributed by atoms with van der Waals surface area (Å²) < 4.78 is 0.906. The maximum absolute atomic E-state index is 12.3. The zero-order valence-electron chi connectivity index (χ0n) is 14.2. The first kappa shape index (κ1) is 17.2. The molecule has 0 fully saturated rings. The molecule has 1 heterocycles. The van der Waals surface area contributed by atoms with Gasteiger partial charge in [-0.3, -0.25) is 9.89 Å². The van der Waals surface area contributed by atoms with E-state index in [-0.39, 0.29) is 5.91 Å². The number of nitrogens with one attached hydrogen (secondary N) is 2. The summed E-state index contributed by atoms with van der Waals surface area (Å²) in [6.45, 7) is 0. The van der Waals surface area contributed by atoms with Gasteiger partial charge in [-0.2, -0.15) is 10.2 Å². The van der Waals surface area contributed by atoms with Crippen LogP contribution in [-0.2, 0) is 0 Å². The van der Waals surface area contributed by atoms with Gasteiger partial charge in [0.1, 0.15) is 5.69 Å². The van der Waals surface area contributed by atoms with Gasteiger partial charge in [-0.15, -0.1) is 0 Å². The summed E-state index contributed by atoms with van der Waals surface area (Å²) in [5.41, 5.74) is 5.39. The predicted molar refractivity (Wildman–Crippen MR) is 111 cm³/mol. The highest BCUT2D eigenvalue weighted by Crippen LogP contribution is 2.23. The van der Waals surface area contributed by atoms with E-state index in [4.69, 9.17) is 0 Å². The van der Waals surface area contributed by atoms with E-state index in [1.165, 1.54) is 0 Å². The molecule has 0 atom stereocenters. The van der Waals surface area contributed by atoms with Gasteiger partial charge in [0, 0.05) is 15.6 Å². The van der Waals surface area contributed by atoms with Crippen LogP contribution in [0.5, 0.6) is 0 Å². The quantitative estimate of drug-likeness (QED) is 0.370. The molecule has 2 N–H and O–H groups in total. The van der Waals surface area contributed by atoms with Gasteiger partial charge >= 0.3 is 0 Å². The highest BCUT2D eigenvalue weighted by Gasteiger charge is 2.10. The first-order chi connectivity index (χ1) is 13.2. The molecule has 0 aliphatic rings. The third kappa shape index (κ3) is 3.80. The van der Waals surface area contributed by atoms with Crippen LogP contribution < -0.4 is 5.43 Å². The molecular formula is C21H15BrN4O. The molecule has 0 saturated heterocycles. The topological polar surface area (TPSA) is 70.1 Å². The lowest BCUT2D eigenvalue weighted by molar-refractivity contribution is 0.0950. The van der Waals surface area contributed by atoms with Crippen molar-refractivity contribution in [2.24, 2.45) is 5.10 Å². The average molecular weight is 419 g/mol. The number of fused-ring (bicyclic) bond motifs is 1. The second kappa shape index (κ2) is 7.55. The Hall–Kier alpha value is -3.25. The molecular weight excluding hydrogens is 404 g/mol. The lowest BCUT2D eigenvalue weighted by Gasteiger charge is -2.00. The van der Waals surface area contributed by atoms with Crippen molar-refractivity contribution in [3.8, 4) is 11.3 Å². The maximum atomic E-state index is 12.3. The van der Waals surface area contributed by atoms with Crippen molar-refractivity contribution in [3.05, 3.63) is 88.5 Å². The monoisotopic (exact) mass is 418 g/mol. The van der Waals surface area contributed by atoms with Gasteiger partial charge in [0.25, 0.3) is 5.91 Å². The molecule has 0 saturated carbocycles. The van der Waals surface area contributed by atoms with E-state index in [1.54, 1.807) is 12.3 Å². The largest absolute Gasteiger partial charge is 0.289 e. The molecule has 5 nitrogen and oxygen atoms in total. The normalized spacial score (nSPS) is 11.1. The number of hydrogen-bond donors (Lipinski definition) is 2. The zero-order valence-corrected chi connectivity index (χ0v) is 15.8. The third-order valence-corrected chi connectivity index (χ3v) is 4.86. The summed E-state index contributed by atoms with van der Waals surface area (Å²) in [4.78, 5) is 12.3. The van der Waals surface area contributed by atoms with Crippen LogP contribution in [0.2, 0.25) is 0 Å². The Kier molecular flexibility index (Phi) is 4.80. The number of carbonyl (C=O) groups is 1. The molecule has 0 unspecified atom stereocenters. The molecule has 27 heavy (non-hydrogen) atoms. The minimum atomic E-state index is -0.349. The van der Waals surface area contributed by atoms with E-state index in [2.05, 4.69) is 54.9 Å². The van der Waals surface area contributed by atoms with Crippen molar-refractivity contribution in [2.75, 3.05) is 0 Å². The SMILES string of the molecule is O=C(NN=Cc1ccccc1Br)c1cc(-c2ccc3ccccc3c2)n[nH]1. The number of aromatic amines is 1. The number of halogens is 1. The molecule has 1 amide bonds. The summed E-state index contributed by atoms with van der Waals surface area (Å²) in [6, 6.07) is 23.5. The minimum Gasteiger partial charge on any atom is -0.272 e. The van der Waals surface area contributed by atoms with E-state index in [0.29, 0.717) is 11.4 Å². The van der Waals surface area contributed by atoms with Crippen molar-refractivity contribution in [2.45, 2.75) is 0 Å². The first-order valence-electron chi connectivity index (χ1n) is 8.33. The van der Waals surface area contributed by atoms with Crippen molar-refractivity contribution in [1.82, 2.24) is 15.6 Å². The predicted octanol–water partition coefficient (Wildman–Crippen LogP) is 4.76. The van der Waals surface area contributed by atoms with Crippen LogP contribution in [-0.4, -0.2) is 22.3 Å². The average Bonchev–Trinajstić information content (AvgIpc) is 3.19. The van der Waals surface area contributed by atoms with Crippen LogP contribution in [0, 0.1) is 0 Å². The fourth-order valence-corrected chi connectivity index (χ4v) is 3.12. The Labute approximate surface area is 164 Å². The number of hydrazone groups is 1. The number of H-pyrrole nitrogens is 1. The maximum Gasteiger partial charge on any atom is 0.289 e. The van der Waals surface area contributed by atoms with Crippen LogP contribution >= 0.6 is 15.9 Å². The number of aromatic nitrogens is 2. The molecule has 3 aromatic carbocycles. The fraction of sp³-hybridized carbons (Fsp3) is 0. The molecule has 4 aromatic rings. The van der Waals surface area contributed by atoms with Gasteiger partial charge in [0.15, 0.2) is 0 Å². The molecule has 1 aromatic heterocycles. The Morgan fingerprint density at radius 2 is 1.78 bits per heavy atom. The Morgan fingerprint density at radius 3 is 2.63 bits per heavy atom. The summed E-state index contributed by atoms with van der Waals surface area (Å²) in [5.74, 6) is -0.349. The Morgan fingerprint density at radius 1 is 1.00 bits per heavy atom. The van der Waals surface area contributed by atoms with Crippen LogP contribution in [0.1, 0.15) is 16.1 Å². The van der Waals surface area contributed by atoms with Crippen molar-refractivity contribution in [3.63, 3.8) is 0 Å². The number of carbonyl (C=O) groups excluding carboxylic acids is 1. The van der Waals surface area contributed by atoms with E-state index in [9.17, 15) is 4.79 Å². The number of amides is 1. The number of rotatable bonds is 4. The lowest BCUT2D eigenvalue weighted by Crippen LogP contribution is -2.18. The van der Waals surface area contributed by atoms with Crippen molar-refractivity contribution in [1.29, 1.82) is 0 Å². The van der Waals surface area contributed by atoms with Crippen molar-refractivity contribution >= 4 is 38.8 Å². The van der Waals surface area contributed by atoms with Crippen LogP contribution in [0.4, 0.5) is 0 Å². The minimum absolute atomic E-state index is 0.349. The second-order valence-corrected chi connectivity index (χ2v) is 6.80. The number of benzene rings is 3. The van der Waals surface area contributed by atoms with Gasteiger partial charge in [-0.05, 0) is 29.0 Å². The molecule has 0 bridgehead atoms. The highest BCUT2D eigenvalue weighted by atomic mass is 79.9. The number of hydrogen-bond acceptors (Lipinski definition) is 3. The number of nitrogens with zero attached hydrogens (tertiary/aromatic N) is 2. The first-order valence-corrected chi connectivity index (χ1v) is 9.12. The van der Waals surface area contributed by atoms with Gasteiger partial charge in [-0.1, -0.05) is 70.5 Å². The third-order valence-electron chi connectivity index (χ3n) is 4.14. The molecule has 132 valence electrons.